The van der Waals surface area contributed by atoms with Crippen molar-refractivity contribution in [2.45, 2.75) is 51.7 Å². The van der Waals surface area contributed by atoms with Gasteiger partial charge in [0.25, 0.3) is 0 Å². The van der Waals surface area contributed by atoms with Gasteiger partial charge in [0, 0.05) is 31.6 Å². The van der Waals surface area contributed by atoms with Crippen LogP contribution in [0.2, 0.25) is 5.15 Å². The van der Waals surface area contributed by atoms with E-state index in [4.69, 9.17) is 26.3 Å². The third kappa shape index (κ3) is 5.57. The van der Waals surface area contributed by atoms with Gasteiger partial charge >= 0.3 is 6.09 Å². The van der Waals surface area contributed by atoms with Crippen molar-refractivity contribution in [3.05, 3.63) is 23.0 Å². The summed E-state index contributed by atoms with van der Waals surface area (Å²) in [4.78, 5) is 17.8. The van der Waals surface area contributed by atoms with Crippen LogP contribution in [-0.2, 0) is 4.74 Å². The van der Waals surface area contributed by atoms with Crippen LogP contribution in [0.1, 0.15) is 45.7 Å². The monoisotopic (exact) mass is 351 g/mol. The second-order valence-corrected chi connectivity index (χ2v) is 7.15. The Morgan fingerprint density at radius 2 is 2.12 bits per heavy atom. The Balaban J connectivity index is 1.95. The van der Waals surface area contributed by atoms with Crippen LogP contribution in [0.15, 0.2) is 12.1 Å². The number of amides is 1. The number of halogens is 1. The molecule has 0 aromatic carbocycles. The number of likely N-dealkylation sites (tertiary alicyclic amines) is 1. The maximum atomic E-state index is 12.2. The average molecular weight is 352 g/mol. The average Bonchev–Trinajstić information content (AvgIpc) is 2.70. The molecule has 1 aromatic rings. The maximum Gasteiger partial charge on any atom is 0.410 e. The highest BCUT2D eigenvalue weighted by molar-refractivity contribution is 6.29. The summed E-state index contributed by atoms with van der Waals surface area (Å²) in [6.45, 7) is 6.79. The van der Waals surface area contributed by atoms with Crippen LogP contribution < -0.4 is 4.74 Å². The summed E-state index contributed by atoms with van der Waals surface area (Å²) in [7, 11) is 0. The Morgan fingerprint density at radius 3 is 2.79 bits per heavy atom. The van der Waals surface area contributed by atoms with Gasteiger partial charge in [-0.1, -0.05) is 11.6 Å². The van der Waals surface area contributed by atoms with Crippen LogP contribution in [0.3, 0.4) is 0 Å². The Bertz CT molecular complexity index is 637. The van der Waals surface area contributed by atoms with E-state index >= 15 is 0 Å². The van der Waals surface area contributed by atoms with E-state index in [1.807, 2.05) is 26.8 Å². The van der Waals surface area contributed by atoms with Gasteiger partial charge in [0.1, 0.15) is 34.4 Å². The van der Waals surface area contributed by atoms with Crippen LogP contribution in [0.4, 0.5) is 4.79 Å². The topological polar surface area (TPSA) is 75.4 Å². The predicted molar refractivity (Wildman–Crippen MR) is 90.0 cm³/mol. The molecule has 0 radical (unpaired) electrons. The molecule has 1 aromatic heterocycles. The zero-order valence-corrected chi connectivity index (χ0v) is 15.0. The number of carbonyl (C=O) groups is 1. The second kappa shape index (κ2) is 7.71. The van der Waals surface area contributed by atoms with Crippen molar-refractivity contribution in [2.75, 3.05) is 13.1 Å². The molecule has 0 N–H and O–H groups in total. The highest BCUT2D eigenvalue weighted by Gasteiger charge is 2.26. The SMILES string of the molecule is CC(C)(C)OC(=O)N1CCCC(Oc2cc(Cl)nc(C#N)c2)CC1. The first-order valence-corrected chi connectivity index (χ1v) is 8.37. The third-order valence-corrected chi connectivity index (χ3v) is 3.71. The Labute approximate surface area is 147 Å². The summed E-state index contributed by atoms with van der Waals surface area (Å²) >= 11 is 5.89. The summed E-state index contributed by atoms with van der Waals surface area (Å²) in [5.41, 5.74) is -0.276. The Hall–Kier alpha value is -2.00. The standard InChI is InChI=1S/C17H22ClN3O3/c1-17(2,3)24-16(22)21-7-4-5-13(6-8-21)23-14-9-12(11-19)20-15(18)10-14/h9-10,13H,4-8H2,1-3H3. The summed E-state index contributed by atoms with van der Waals surface area (Å²) in [6, 6.07) is 5.12. The molecule has 24 heavy (non-hydrogen) atoms. The second-order valence-electron chi connectivity index (χ2n) is 6.76. The minimum atomic E-state index is -0.499. The van der Waals surface area contributed by atoms with Crippen LogP contribution in [0.25, 0.3) is 0 Å². The molecular weight excluding hydrogens is 330 g/mol. The van der Waals surface area contributed by atoms with Crippen molar-refractivity contribution < 1.29 is 14.3 Å². The molecule has 0 saturated carbocycles. The van der Waals surface area contributed by atoms with Crippen molar-refractivity contribution in [3.63, 3.8) is 0 Å². The van der Waals surface area contributed by atoms with Gasteiger partial charge < -0.3 is 14.4 Å². The normalized spacial score (nSPS) is 18.5. The van der Waals surface area contributed by atoms with Crippen molar-refractivity contribution >= 4 is 17.7 Å². The van der Waals surface area contributed by atoms with Crippen LogP contribution in [0, 0.1) is 11.3 Å². The minimum absolute atomic E-state index is 0.0394. The molecule has 1 aliphatic heterocycles. The summed E-state index contributed by atoms with van der Waals surface area (Å²) in [6.07, 6.45) is 2.01. The van der Waals surface area contributed by atoms with Gasteiger partial charge in [-0.3, -0.25) is 0 Å². The van der Waals surface area contributed by atoms with E-state index in [1.54, 1.807) is 17.0 Å². The molecule has 1 aliphatic rings. The van der Waals surface area contributed by atoms with Crippen molar-refractivity contribution in [1.29, 1.82) is 5.26 Å². The van der Waals surface area contributed by atoms with E-state index in [1.165, 1.54) is 0 Å². The number of aromatic nitrogens is 1. The molecule has 1 fully saturated rings. The number of nitrogens with zero attached hydrogens (tertiary/aromatic N) is 3. The van der Waals surface area contributed by atoms with E-state index in [2.05, 4.69) is 4.98 Å². The molecule has 1 unspecified atom stereocenters. The van der Waals surface area contributed by atoms with Crippen LogP contribution in [-0.4, -0.2) is 40.8 Å². The van der Waals surface area contributed by atoms with E-state index in [9.17, 15) is 4.79 Å². The fourth-order valence-corrected chi connectivity index (χ4v) is 2.68. The van der Waals surface area contributed by atoms with Crippen molar-refractivity contribution in [3.8, 4) is 11.8 Å². The summed E-state index contributed by atoms with van der Waals surface area (Å²) in [5.74, 6) is 0.530. The third-order valence-electron chi connectivity index (χ3n) is 3.51. The first kappa shape index (κ1) is 18.3. The first-order chi connectivity index (χ1) is 11.3. The molecule has 0 aliphatic carbocycles. The molecular formula is C17H22ClN3O3. The molecule has 0 spiro atoms. The maximum absolute atomic E-state index is 12.2. The number of rotatable bonds is 2. The van der Waals surface area contributed by atoms with E-state index in [0.717, 1.165) is 12.8 Å². The lowest BCUT2D eigenvalue weighted by Crippen LogP contribution is -2.37. The number of pyridine rings is 1. The fourth-order valence-electron chi connectivity index (χ4n) is 2.48. The largest absolute Gasteiger partial charge is 0.490 e. The Kier molecular flexibility index (Phi) is 5.89. The van der Waals surface area contributed by atoms with E-state index in [-0.39, 0.29) is 23.0 Å². The zero-order chi connectivity index (χ0) is 17.7. The molecule has 7 heteroatoms. The lowest BCUT2D eigenvalue weighted by atomic mass is 10.1. The molecule has 2 rings (SSSR count). The fraction of sp³-hybridized carbons (Fsp3) is 0.588. The highest BCUT2D eigenvalue weighted by atomic mass is 35.5. The molecule has 1 amide bonds. The molecule has 6 nitrogen and oxygen atoms in total. The van der Waals surface area contributed by atoms with Gasteiger partial charge in [0.05, 0.1) is 0 Å². The lowest BCUT2D eigenvalue weighted by molar-refractivity contribution is 0.0252. The van der Waals surface area contributed by atoms with Gasteiger partial charge in [-0.05, 0) is 33.6 Å². The van der Waals surface area contributed by atoms with Crippen LogP contribution >= 0.6 is 11.6 Å². The van der Waals surface area contributed by atoms with Crippen molar-refractivity contribution in [2.24, 2.45) is 0 Å². The zero-order valence-electron chi connectivity index (χ0n) is 14.2. The van der Waals surface area contributed by atoms with Crippen LogP contribution in [0.5, 0.6) is 5.75 Å². The smallest absolute Gasteiger partial charge is 0.410 e. The highest BCUT2D eigenvalue weighted by Crippen LogP contribution is 2.23. The summed E-state index contributed by atoms with van der Waals surface area (Å²) in [5, 5.41) is 9.17. The number of hydrogen-bond acceptors (Lipinski definition) is 5. The molecule has 1 saturated heterocycles. The van der Waals surface area contributed by atoms with Gasteiger partial charge in [0.15, 0.2) is 0 Å². The number of ether oxygens (including phenoxy) is 2. The first-order valence-electron chi connectivity index (χ1n) is 7.99. The van der Waals surface area contributed by atoms with Gasteiger partial charge in [-0.15, -0.1) is 0 Å². The van der Waals surface area contributed by atoms with Gasteiger partial charge in [0.2, 0.25) is 0 Å². The van der Waals surface area contributed by atoms with E-state index in [0.29, 0.717) is 25.3 Å². The summed E-state index contributed by atoms with van der Waals surface area (Å²) < 4.78 is 11.3. The quantitative estimate of drug-likeness (QED) is 0.758. The minimum Gasteiger partial charge on any atom is -0.490 e. The van der Waals surface area contributed by atoms with E-state index < -0.39 is 5.60 Å². The lowest BCUT2D eigenvalue weighted by Gasteiger charge is -2.26. The number of hydrogen-bond donors (Lipinski definition) is 0. The van der Waals surface area contributed by atoms with Gasteiger partial charge in [-0.2, -0.15) is 5.26 Å². The number of carbonyl (C=O) groups excluding carboxylic acids is 1. The molecule has 2 heterocycles. The molecule has 1 atom stereocenters. The number of nitriles is 1. The molecule has 130 valence electrons. The Morgan fingerprint density at radius 1 is 1.38 bits per heavy atom. The predicted octanol–water partition coefficient (Wildman–Crippen LogP) is 3.78. The van der Waals surface area contributed by atoms with Crippen molar-refractivity contribution in [1.82, 2.24) is 9.88 Å². The molecule has 0 bridgehead atoms. The van der Waals surface area contributed by atoms with Gasteiger partial charge in [-0.25, -0.2) is 9.78 Å².